The number of hydrogen-bond acceptors (Lipinski definition) is 0. The van der Waals surface area contributed by atoms with Gasteiger partial charge in [0.05, 0.1) is 6.54 Å². The third-order valence-electron chi connectivity index (χ3n) is 5.69. The van der Waals surface area contributed by atoms with Gasteiger partial charge in [0.2, 0.25) is 0 Å². The first-order valence-electron chi connectivity index (χ1n) is 10.9. The number of quaternary nitrogens is 1. The topological polar surface area (TPSA) is 0 Å². The van der Waals surface area contributed by atoms with Gasteiger partial charge in [-0.3, -0.25) is 0 Å². The van der Waals surface area contributed by atoms with Gasteiger partial charge >= 0.3 is 0 Å². The maximum Gasteiger partial charge on any atom is 0.143 e. The molecule has 0 aromatic heterocycles. The van der Waals surface area contributed by atoms with E-state index in [4.69, 9.17) is 0 Å². The van der Waals surface area contributed by atoms with Crippen molar-refractivity contribution in [3.05, 3.63) is 91.0 Å². The fraction of sp³-hybridized carbons (Fsp3) is 0.333. The molecule has 2 heteroatoms. The fourth-order valence-electron chi connectivity index (χ4n) is 4.19. The maximum absolute atomic E-state index is 2.28. The molecule has 0 atom stereocenters. The predicted molar refractivity (Wildman–Crippen MR) is 123 cm³/mol. The van der Waals surface area contributed by atoms with Crippen LogP contribution in [0.15, 0.2) is 91.0 Å². The fourth-order valence-corrected chi connectivity index (χ4v) is 4.19. The molecule has 154 valence electrons. The first-order valence-corrected chi connectivity index (χ1v) is 10.9. The van der Waals surface area contributed by atoms with Gasteiger partial charge in [0.15, 0.2) is 0 Å². The number of unbranched alkanes of at least 4 members (excludes halogenated alkanes) is 6. The van der Waals surface area contributed by atoms with Crippen LogP contribution in [0.25, 0.3) is 0 Å². The quantitative estimate of drug-likeness (QED) is 0.270. The molecule has 0 fully saturated rings. The van der Waals surface area contributed by atoms with Crippen molar-refractivity contribution in [3.63, 3.8) is 0 Å². The molecule has 0 amide bonds. The Labute approximate surface area is 187 Å². The maximum atomic E-state index is 2.28. The average Bonchev–Trinajstić information content (AvgIpc) is 2.78. The Kier molecular flexibility index (Phi) is 10.2. The van der Waals surface area contributed by atoms with Crippen LogP contribution >= 0.6 is 0 Å². The van der Waals surface area contributed by atoms with Crippen LogP contribution in [-0.4, -0.2) is 6.54 Å². The molecule has 0 bridgehead atoms. The van der Waals surface area contributed by atoms with Crippen LogP contribution in [0.3, 0.4) is 0 Å². The third-order valence-corrected chi connectivity index (χ3v) is 5.69. The normalized spacial score (nSPS) is 11.1. The number of para-hydroxylation sites is 3. The van der Waals surface area contributed by atoms with Crippen molar-refractivity contribution in [3.8, 4) is 0 Å². The van der Waals surface area contributed by atoms with Crippen molar-refractivity contribution in [1.29, 1.82) is 0 Å². The minimum absolute atomic E-state index is 0. The third kappa shape index (κ3) is 6.04. The van der Waals surface area contributed by atoms with E-state index in [0.29, 0.717) is 0 Å². The van der Waals surface area contributed by atoms with E-state index in [-0.39, 0.29) is 17.0 Å². The molecule has 3 rings (SSSR count). The van der Waals surface area contributed by atoms with Gasteiger partial charge < -0.3 is 17.0 Å². The highest BCUT2D eigenvalue weighted by Crippen LogP contribution is 2.43. The molecule has 0 heterocycles. The lowest BCUT2D eigenvalue weighted by Gasteiger charge is -2.37. The summed E-state index contributed by atoms with van der Waals surface area (Å²) in [7, 11) is 0. The summed E-state index contributed by atoms with van der Waals surface area (Å²) in [5.74, 6) is 0. The Morgan fingerprint density at radius 1 is 0.483 bits per heavy atom. The van der Waals surface area contributed by atoms with E-state index in [9.17, 15) is 0 Å². The lowest BCUT2D eigenvalue weighted by atomic mass is 10.1. The Bertz CT molecular complexity index is 690. The van der Waals surface area contributed by atoms with Crippen LogP contribution < -0.4 is 21.5 Å². The van der Waals surface area contributed by atoms with Gasteiger partial charge in [-0.1, -0.05) is 93.6 Å². The Morgan fingerprint density at radius 2 is 0.828 bits per heavy atom. The van der Waals surface area contributed by atoms with Gasteiger partial charge in [-0.2, -0.15) is 0 Å². The van der Waals surface area contributed by atoms with E-state index in [1.807, 2.05) is 0 Å². The first kappa shape index (κ1) is 23.4. The highest BCUT2D eigenvalue weighted by Gasteiger charge is 2.35. The predicted octanol–water partition coefficient (Wildman–Crippen LogP) is 5.41. The Balaban J connectivity index is 0.00000300. The van der Waals surface area contributed by atoms with Crippen molar-refractivity contribution in [2.45, 2.75) is 51.9 Å². The molecule has 0 saturated heterocycles. The van der Waals surface area contributed by atoms with E-state index in [0.717, 1.165) is 11.0 Å². The van der Waals surface area contributed by atoms with Gasteiger partial charge in [-0.25, -0.2) is 4.48 Å². The second-order valence-electron chi connectivity index (χ2n) is 7.66. The molecule has 0 aliphatic heterocycles. The van der Waals surface area contributed by atoms with Gasteiger partial charge in [-0.15, -0.1) is 0 Å². The summed E-state index contributed by atoms with van der Waals surface area (Å²) in [4.78, 5) is 0. The molecule has 29 heavy (non-hydrogen) atoms. The summed E-state index contributed by atoms with van der Waals surface area (Å²) in [5, 5.41) is 0. The summed E-state index contributed by atoms with van der Waals surface area (Å²) < 4.78 is 0.789. The zero-order valence-corrected chi connectivity index (χ0v) is 19.2. The van der Waals surface area contributed by atoms with Crippen LogP contribution in [0.2, 0.25) is 0 Å². The van der Waals surface area contributed by atoms with E-state index in [1.54, 1.807) is 0 Å². The monoisotopic (exact) mass is 451 g/mol. The smallest absolute Gasteiger partial charge is 0.143 e. The van der Waals surface area contributed by atoms with Crippen molar-refractivity contribution in [2.75, 3.05) is 6.54 Å². The van der Waals surface area contributed by atoms with Crippen molar-refractivity contribution in [2.24, 2.45) is 0 Å². The second-order valence-corrected chi connectivity index (χ2v) is 7.66. The van der Waals surface area contributed by atoms with Gasteiger partial charge in [0.25, 0.3) is 0 Å². The molecule has 1 nitrogen and oxygen atoms in total. The minimum atomic E-state index is 0. The van der Waals surface area contributed by atoms with E-state index in [2.05, 4.69) is 97.9 Å². The highest BCUT2D eigenvalue weighted by atomic mass is 79.9. The lowest BCUT2D eigenvalue weighted by molar-refractivity contribution is -0.00000569. The number of hydrogen-bond donors (Lipinski definition) is 0. The summed E-state index contributed by atoms with van der Waals surface area (Å²) in [6.07, 6.45) is 9.32. The summed E-state index contributed by atoms with van der Waals surface area (Å²) in [6, 6.07) is 33.0. The van der Waals surface area contributed by atoms with Crippen LogP contribution in [0.5, 0.6) is 0 Å². The number of rotatable bonds is 11. The first-order chi connectivity index (χ1) is 13.9. The largest absolute Gasteiger partial charge is 1.00 e. The summed E-state index contributed by atoms with van der Waals surface area (Å²) in [5.41, 5.74) is 4.02. The lowest BCUT2D eigenvalue weighted by Crippen LogP contribution is -3.00. The summed E-state index contributed by atoms with van der Waals surface area (Å²) >= 11 is 0. The van der Waals surface area contributed by atoms with E-state index < -0.39 is 0 Å². The molecule has 0 saturated carbocycles. The van der Waals surface area contributed by atoms with E-state index in [1.165, 1.54) is 62.0 Å². The molecule has 3 aromatic rings. The molecule has 3 aromatic carbocycles. The standard InChI is InChI=1S/C27H34N.BrH/c1-2-3-4-5-6-7-17-24-28(25-18-11-8-12-19-25,26-20-13-9-14-21-26)27-22-15-10-16-23-27;/h8-16,18-23H,2-7,17,24H2,1H3;1H/q+1;/p-1. The van der Waals surface area contributed by atoms with Crippen LogP contribution in [0, 0.1) is 0 Å². The Morgan fingerprint density at radius 3 is 1.21 bits per heavy atom. The van der Waals surface area contributed by atoms with Crippen molar-refractivity contribution in [1.82, 2.24) is 4.48 Å². The van der Waals surface area contributed by atoms with Crippen LogP contribution in [0.4, 0.5) is 17.1 Å². The molecule has 0 aliphatic carbocycles. The molecule has 0 N–H and O–H groups in total. The van der Waals surface area contributed by atoms with Crippen molar-refractivity contribution < 1.29 is 17.0 Å². The Hall–Kier alpha value is -1.90. The minimum Gasteiger partial charge on any atom is -1.00 e. The molecular weight excluding hydrogens is 418 g/mol. The zero-order chi connectivity index (χ0) is 19.5. The van der Waals surface area contributed by atoms with Gasteiger partial charge in [0.1, 0.15) is 17.1 Å². The number of nitrogens with zero attached hydrogens (tertiary/aromatic N) is 1. The summed E-state index contributed by atoms with van der Waals surface area (Å²) in [6.45, 7) is 3.37. The van der Waals surface area contributed by atoms with Crippen molar-refractivity contribution >= 4 is 17.1 Å². The number of benzene rings is 3. The number of halogens is 1. The molecule has 0 spiro atoms. The highest BCUT2D eigenvalue weighted by molar-refractivity contribution is 5.70. The molecule has 0 aliphatic rings. The molecule has 0 unspecified atom stereocenters. The zero-order valence-electron chi connectivity index (χ0n) is 17.6. The second kappa shape index (κ2) is 12.6. The van der Waals surface area contributed by atoms with E-state index >= 15 is 0 Å². The SMILES string of the molecule is CCCCCCCCC[N+](c1ccccc1)(c1ccccc1)c1ccccc1.[Br-]. The van der Waals surface area contributed by atoms with Crippen LogP contribution in [-0.2, 0) is 0 Å². The average molecular weight is 452 g/mol. The van der Waals surface area contributed by atoms with Crippen LogP contribution in [0.1, 0.15) is 51.9 Å². The van der Waals surface area contributed by atoms with Gasteiger partial charge in [-0.05, 0) is 49.2 Å². The van der Waals surface area contributed by atoms with Gasteiger partial charge in [0, 0.05) is 0 Å². The molecular formula is C27H34BrN. The molecule has 0 radical (unpaired) electrons.